The minimum Gasteiger partial charge on any atom is -0.391 e. The lowest BCUT2D eigenvalue weighted by atomic mass is 9.81. The van der Waals surface area contributed by atoms with Gasteiger partial charge in [0, 0.05) is 31.4 Å². The van der Waals surface area contributed by atoms with Crippen molar-refractivity contribution in [2.75, 3.05) is 24.5 Å². The summed E-state index contributed by atoms with van der Waals surface area (Å²) in [6.07, 6.45) is 9.90. The summed E-state index contributed by atoms with van der Waals surface area (Å²) in [4.78, 5) is 5.23. The molecule has 2 aromatic rings. The van der Waals surface area contributed by atoms with E-state index in [1.165, 1.54) is 24.1 Å². The number of benzene rings is 2. The molecular weight excluding hydrogens is 427 g/mol. The average Bonchev–Trinajstić information content (AvgIpc) is 3.30. The van der Waals surface area contributed by atoms with E-state index in [1.54, 1.807) is 11.1 Å². The van der Waals surface area contributed by atoms with Gasteiger partial charge in [0.1, 0.15) is 0 Å². The van der Waals surface area contributed by atoms with Crippen LogP contribution in [0.2, 0.25) is 0 Å². The Hall–Kier alpha value is -1.52. The van der Waals surface area contributed by atoms with Crippen LogP contribution in [-0.2, 0) is 0 Å². The van der Waals surface area contributed by atoms with Crippen molar-refractivity contribution in [2.24, 2.45) is 0 Å². The van der Waals surface area contributed by atoms with Crippen LogP contribution in [0.4, 0.5) is 5.69 Å². The first-order valence-electron chi connectivity index (χ1n) is 11.3. The molecule has 0 saturated carbocycles. The topological polar surface area (TPSA) is 26.7 Å². The third-order valence-corrected chi connectivity index (χ3v) is 8.12. The minimum atomic E-state index is -0.216. The van der Waals surface area contributed by atoms with Gasteiger partial charge in [0.15, 0.2) is 0 Å². The van der Waals surface area contributed by atoms with E-state index in [1.807, 2.05) is 0 Å². The van der Waals surface area contributed by atoms with Gasteiger partial charge < -0.3 is 10.0 Å². The van der Waals surface area contributed by atoms with E-state index >= 15 is 0 Å². The van der Waals surface area contributed by atoms with E-state index in [4.69, 9.17) is 0 Å². The molecule has 3 atom stereocenters. The van der Waals surface area contributed by atoms with Crippen molar-refractivity contribution in [3.8, 4) is 0 Å². The molecule has 2 saturated heterocycles. The maximum Gasteiger partial charge on any atom is 0.0789 e. The molecule has 31 heavy (non-hydrogen) atoms. The Morgan fingerprint density at radius 1 is 0.903 bits per heavy atom. The highest BCUT2D eigenvalue weighted by Crippen LogP contribution is 2.51. The Bertz CT molecular complexity index is 940. The van der Waals surface area contributed by atoms with Gasteiger partial charge in [-0.25, -0.2) is 0 Å². The quantitative estimate of drug-likeness (QED) is 0.635. The molecule has 2 aliphatic heterocycles. The molecule has 0 amide bonds. The Balaban J connectivity index is 0.00000116. The molecule has 3 unspecified atom stereocenters. The van der Waals surface area contributed by atoms with E-state index in [0.717, 1.165) is 38.9 Å². The van der Waals surface area contributed by atoms with Gasteiger partial charge in [-0.15, -0.1) is 24.8 Å². The molecule has 0 radical (unpaired) electrons. The summed E-state index contributed by atoms with van der Waals surface area (Å²) < 4.78 is 0. The molecular formula is C26H32Cl2N2O. The van der Waals surface area contributed by atoms with Crippen LogP contribution in [0.1, 0.15) is 60.8 Å². The number of allylic oxidation sites excluding steroid dienone is 1. The summed E-state index contributed by atoms with van der Waals surface area (Å²) in [5, 5.41) is 11.0. The fourth-order valence-corrected chi connectivity index (χ4v) is 6.69. The second kappa shape index (κ2) is 8.78. The van der Waals surface area contributed by atoms with Crippen molar-refractivity contribution in [1.82, 2.24) is 4.90 Å². The van der Waals surface area contributed by atoms with E-state index in [-0.39, 0.29) is 36.5 Å². The fraction of sp³-hybridized carbons (Fsp3) is 0.462. The smallest absolute Gasteiger partial charge is 0.0789 e. The highest BCUT2D eigenvalue weighted by Gasteiger charge is 2.51. The monoisotopic (exact) mass is 458 g/mol. The molecule has 5 heteroatoms. The highest BCUT2D eigenvalue weighted by atomic mass is 35.5. The van der Waals surface area contributed by atoms with E-state index in [2.05, 4.69) is 70.5 Å². The number of likely N-dealkylation sites (tertiary alicyclic amines) is 1. The lowest BCUT2D eigenvalue weighted by molar-refractivity contribution is 0.0405. The molecule has 3 nitrogen and oxygen atoms in total. The van der Waals surface area contributed by atoms with Gasteiger partial charge in [0.25, 0.3) is 0 Å². The van der Waals surface area contributed by atoms with Crippen LogP contribution in [0, 0.1) is 0 Å². The zero-order valence-electron chi connectivity index (χ0n) is 17.8. The summed E-state index contributed by atoms with van der Waals surface area (Å²) in [5.74, 6) is 0.699. The summed E-state index contributed by atoms with van der Waals surface area (Å²) in [7, 11) is 0. The van der Waals surface area contributed by atoms with Crippen LogP contribution in [0.25, 0.3) is 6.08 Å². The van der Waals surface area contributed by atoms with Crippen LogP contribution < -0.4 is 4.90 Å². The lowest BCUT2D eigenvalue weighted by Crippen LogP contribution is -2.57. The molecule has 2 aromatic carbocycles. The van der Waals surface area contributed by atoms with Crippen LogP contribution in [0.5, 0.6) is 0 Å². The number of rotatable bonds is 2. The van der Waals surface area contributed by atoms with Gasteiger partial charge >= 0.3 is 0 Å². The Morgan fingerprint density at radius 3 is 2.45 bits per heavy atom. The van der Waals surface area contributed by atoms with Crippen LogP contribution in [0.3, 0.4) is 0 Å². The van der Waals surface area contributed by atoms with Crippen molar-refractivity contribution in [2.45, 2.75) is 55.7 Å². The van der Waals surface area contributed by atoms with Crippen molar-refractivity contribution in [3.63, 3.8) is 0 Å². The molecule has 4 aliphatic rings. The summed E-state index contributed by atoms with van der Waals surface area (Å²) in [5.41, 5.74) is 5.81. The third-order valence-electron chi connectivity index (χ3n) is 8.12. The molecule has 0 aromatic heterocycles. The number of halogens is 2. The molecule has 2 aliphatic carbocycles. The first kappa shape index (κ1) is 22.7. The molecule has 2 heterocycles. The summed E-state index contributed by atoms with van der Waals surface area (Å²) in [6, 6.07) is 18.2. The molecule has 0 bridgehead atoms. The van der Waals surface area contributed by atoms with Crippen molar-refractivity contribution in [1.29, 1.82) is 0 Å². The van der Waals surface area contributed by atoms with Crippen LogP contribution in [-0.4, -0.2) is 41.3 Å². The molecule has 1 N–H and O–H groups in total. The molecule has 1 spiro atoms. The standard InChI is InChI=1S/C26H30N2O.2ClH/c29-24-12-15-28(21-9-2-1-3-10-21)26(24)13-16-27(17-14-26)23-18-20-8-4-6-19-7-5-11-22(23)25(19)20;;/h1-7,9-11,20,23-24,29H,8,12-18H2;2*1H. The summed E-state index contributed by atoms with van der Waals surface area (Å²) >= 11 is 0. The minimum absolute atomic E-state index is 0. The first-order chi connectivity index (χ1) is 14.3. The SMILES string of the molecule is Cl.Cl.OC1CCN(c2ccccc2)C12CCN(C1CC3CC=Cc4cccc1c43)CC2. The van der Waals surface area contributed by atoms with Gasteiger partial charge in [-0.1, -0.05) is 48.6 Å². The predicted molar refractivity (Wildman–Crippen MR) is 133 cm³/mol. The van der Waals surface area contributed by atoms with Gasteiger partial charge in [0.05, 0.1) is 11.6 Å². The van der Waals surface area contributed by atoms with E-state index in [0.29, 0.717) is 12.0 Å². The van der Waals surface area contributed by atoms with Gasteiger partial charge in [0.2, 0.25) is 0 Å². The zero-order chi connectivity index (χ0) is 19.4. The van der Waals surface area contributed by atoms with Crippen molar-refractivity contribution >= 4 is 36.6 Å². The molecule has 166 valence electrons. The Kier molecular flexibility index (Phi) is 6.42. The summed E-state index contributed by atoms with van der Waals surface area (Å²) in [6.45, 7) is 3.12. The van der Waals surface area contributed by atoms with E-state index in [9.17, 15) is 5.11 Å². The third kappa shape index (κ3) is 3.51. The highest BCUT2D eigenvalue weighted by molar-refractivity contribution is 5.85. The number of aliphatic hydroxyl groups is 1. The number of piperidine rings is 1. The number of nitrogens with zero attached hydrogens (tertiary/aromatic N) is 2. The molecule has 6 rings (SSSR count). The number of hydrogen-bond donors (Lipinski definition) is 1. The lowest BCUT2D eigenvalue weighted by Gasteiger charge is -2.49. The maximum atomic E-state index is 11.0. The zero-order valence-corrected chi connectivity index (χ0v) is 19.5. The number of para-hydroxylation sites is 1. The Labute approximate surface area is 198 Å². The predicted octanol–water partition coefficient (Wildman–Crippen LogP) is 5.58. The van der Waals surface area contributed by atoms with Crippen LogP contribution in [0.15, 0.2) is 54.6 Å². The second-order valence-corrected chi connectivity index (χ2v) is 9.37. The van der Waals surface area contributed by atoms with Crippen LogP contribution >= 0.6 is 24.8 Å². The largest absolute Gasteiger partial charge is 0.391 e. The van der Waals surface area contributed by atoms with Gasteiger partial charge in [-0.2, -0.15) is 0 Å². The van der Waals surface area contributed by atoms with E-state index < -0.39 is 0 Å². The number of hydrogen-bond acceptors (Lipinski definition) is 3. The maximum absolute atomic E-state index is 11.0. The second-order valence-electron chi connectivity index (χ2n) is 9.37. The number of aliphatic hydroxyl groups excluding tert-OH is 1. The van der Waals surface area contributed by atoms with Crippen molar-refractivity contribution in [3.05, 3.63) is 71.3 Å². The van der Waals surface area contributed by atoms with Crippen molar-refractivity contribution < 1.29 is 5.11 Å². The first-order valence-corrected chi connectivity index (χ1v) is 11.3. The Morgan fingerprint density at radius 2 is 1.68 bits per heavy atom. The number of anilines is 1. The molecule has 2 fully saturated rings. The normalized spacial score (nSPS) is 28.2. The van der Waals surface area contributed by atoms with Gasteiger partial charge in [-0.05, 0) is 66.8 Å². The fourth-order valence-electron chi connectivity index (χ4n) is 6.69. The van der Waals surface area contributed by atoms with Gasteiger partial charge in [-0.3, -0.25) is 4.90 Å². The average molecular weight is 459 g/mol.